The maximum Gasteiger partial charge on any atom is 0.326 e. The Balaban J connectivity index is 2.47. The van der Waals surface area contributed by atoms with E-state index in [1.54, 1.807) is 0 Å². The maximum absolute atomic E-state index is 12.1. The van der Waals surface area contributed by atoms with E-state index in [1.165, 1.54) is 7.11 Å². The van der Waals surface area contributed by atoms with Crippen LogP contribution in [0, 0.1) is 11.8 Å². The van der Waals surface area contributed by atoms with Gasteiger partial charge in [-0.2, -0.15) is 0 Å². The van der Waals surface area contributed by atoms with E-state index in [4.69, 9.17) is 9.47 Å². The summed E-state index contributed by atoms with van der Waals surface area (Å²) in [5.74, 6) is 0.840. The Bertz CT molecular complexity index is 306. The van der Waals surface area contributed by atoms with E-state index in [-0.39, 0.29) is 5.97 Å². The van der Waals surface area contributed by atoms with Crippen molar-refractivity contribution >= 4 is 5.97 Å². The third-order valence-electron chi connectivity index (χ3n) is 4.49. The number of hydrogen-bond donors (Lipinski definition) is 1. The number of rotatable bonds is 8. The standard InChI is InChI=1S/C16H31NO3/c1-12(2)11-13(3)20-10-8-14-7-6-9-16(14,17-4)15(18)19-5/h12-14,17H,6-11H2,1-5H3. The third-order valence-corrected chi connectivity index (χ3v) is 4.49. The topological polar surface area (TPSA) is 47.6 Å². The van der Waals surface area contributed by atoms with E-state index in [0.29, 0.717) is 17.9 Å². The van der Waals surface area contributed by atoms with Crippen LogP contribution in [-0.2, 0) is 14.3 Å². The van der Waals surface area contributed by atoms with Crippen molar-refractivity contribution in [3.8, 4) is 0 Å². The molecule has 3 atom stereocenters. The van der Waals surface area contributed by atoms with Crippen LogP contribution < -0.4 is 5.32 Å². The van der Waals surface area contributed by atoms with Gasteiger partial charge >= 0.3 is 5.97 Å². The first-order valence-corrected chi connectivity index (χ1v) is 7.85. The van der Waals surface area contributed by atoms with Crippen molar-refractivity contribution < 1.29 is 14.3 Å². The largest absolute Gasteiger partial charge is 0.468 e. The number of methoxy groups -OCH3 is 1. The van der Waals surface area contributed by atoms with Crippen LogP contribution in [-0.4, -0.2) is 38.4 Å². The molecule has 4 heteroatoms. The molecule has 1 saturated carbocycles. The van der Waals surface area contributed by atoms with Gasteiger partial charge in [0.15, 0.2) is 0 Å². The van der Waals surface area contributed by atoms with Gasteiger partial charge in [0.05, 0.1) is 13.2 Å². The lowest BCUT2D eigenvalue weighted by Crippen LogP contribution is -2.54. The highest BCUT2D eigenvalue weighted by Crippen LogP contribution is 2.38. The fourth-order valence-corrected chi connectivity index (χ4v) is 3.49. The average Bonchev–Trinajstić information content (AvgIpc) is 2.81. The molecule has 4 nitrogen and oxygen atoms in total. The molecule has 0 aliphatic heterocycles. The molecule has 118 valence electrons. The minimum Gasteiger partial charge on any atom is -0.468 e. The zero-order chi connectivity index (χ0) is 15.2. The van der Waals surface area contributed by atoms with Crippen molar-refractivity contribution in [2.45, 2.75) is 64.5 Å². The van der Waals surface area contributed by atoms with E-state index in [9.17, 15) is 4.79 Å². The monoisotopic (exact) mass is 285 g/mol. The average molecular weight is 285 g/mol. The Labute approximate surface area is 123 Å². The summed E-state index contributed by atoms with van der Waals surface area (Å²) in [7, 11) is 3.33. The van der Waals surface area contributed by atoms with E-state index < -0.39 is 5.54 Å². The lowest BCUT2D eigenvalue weighted by atomic mass is 9.85. The molecular weight excluding hydrogens is 254 g/mol. The van der Waals surface area contributed by atoms with Gasteiger partial charge in [0.1, 0.15) is 5.54 Å². The Hall–Kier alpha value is -0.610. The third kappa shape index (κ3) is 4.19. The minimum atomic E-state index is -0.501. The molecule has 0 aromatic heterocycles. The predicted octanol–water partition coefficient (Wildman–Crippen LogP) is 2.76. The number of nitrogens with one attached hydrogen (secondary N) is 1. The van der Waals surface area contributed by atoms with Gasteiger partial charge in [0, 0.05) is 6.61 Å². The molecule has 0 spiro atoms. The predicted molar refractivity (Wildman–Crippen MR) is 80.6 cm³/mol. The van der Waals surface area contributed by atoms with Gasteiger partial charge in [0.2, 0.25) is 0 Å². The minimum absolute atomic E-state index is 0.127. The molecule has 0 saturated heterocycles. The van der Waals surface area contributed by atoms with Gasteiger partial charge in [-0.15, -0.1) is 0 Å². The maximum atomic E-state index is 12.1. The molecule has 1 aliphatic rings. The molecule has 0 radical (unpaired) electrons. The van der Waals surface area contributed by atoms with E-state index in [2.05, 4.69) is 26.1 Å². The van der Waals surface area contributed by atoms with Crippen molar-refractivity contribution in [2.24, 2.45) is 11.8 Å². The number of ether oxygens (including phenoxy) is 2. The normalized spacial score (nSPS) is 27.8. The van der Waals surface area contributed by atoms with Crippen LogP contribution in [0.1, 0.15) is 52.9 Å². The summed E-state index contributed by atoms with van der Waals surface area (Å²) in [5, 5.41) is 3.22. The first-order valence-electron chi connectivity index (χ1n) is 7.85. The lowest BCUT2D eigenvalue weighted by molar-refractivity contribution is -0.150. The molecule has 0 amide bonds. The molecule has 1 N–H and O–H groups in total. The van der Waals surface area contributed by atoms with Gasteiger partial charge < -0.3 is 14.8 Å². The van der Waals surface area contributed by atoms with Crippen molar-refractivity contribution in [1.82, 2.24) is 5.32 Å². The SMILES string of the molecule is CNC1(C(=O)OC)CCCC1CCOC(C)CC(C)C. The summed E-state index contributed by atoms with van der Waals surface area (Å²) >= 11 is 0. The fraction of sp³-hybridized carbons (Fsp3) is 0.938. The Morgan fingerprint density at radius 3 is 2.65 bits per heavy atom. The highest BCUT2D eigenvalue weighted by molar-refractivity contribution is 5.81. The van der Waals surface area contributed by atoms with Crippen LogP contribution >= 0.6 is 0 Å². The zero-order valence-electron chi connectivity index (χ0n) is 13.7. The quantitative estimate of drug-likeness (QED) is 0.697. The number of carbonyl (C=O) groups is 1. The molecule has 0 aromatic rings. The number of esters is 1. The van der Waals surface area contributed by atoms with Crippen LogP contribution in [0.3, 0.4) is 0 Å². The summed E-state index contributed by atoms with van der Waals surface area (Å²) in [5.41, 5.74) is -0.501. The second-order valence-electron chi connectivity index (χ2n) is 6.40. The van der Waals surface area contributed by atoms with Crippen LogP contribution in [0.5, 0.6) is 0 Å². The number of carbonyl (C=O) groups excluding carboxylic acids is 1. The van der Waals surface area contributed by atoms with E-state index in [1.807, 2.05) is 7.05 Å². The Kier molecular flexibility index (Phi) is 6.96. The molecule has 0 aromatic carbocycles. The highest BCUT2D eigenvalue weighted by atomic mass is 16.5. The number of likely N-dealkylation sites (N-methyl/N-ethyl adjacent to an activating group) is 1. The van der Waals surface area contributed by atoms with Crippen LogP contribution in [0.2, 0.25) is 0 Å². The summed E-state index contributed by atoms with van der Waals surface area (Å²) in [6, 6.07) is 0. The molecule has 0 bridgehead atoms. The van der Waals surface area contributed by atoms with Crippen LogP contribution in [0.4, 0.5) is 0 Å². The van der Waals surface area contributed by atoms with Gasteiger partial charge in [-0.1, -0.05) is 20.3 Å². The Morgan fingerprint density at radius 1 is 1.40 bits per heavy atom. The molecule has 20 heavy (non-hydrogen) atoms. The molecule has 1 fully saturated rings. The van der Waals surface area contributed by atoms with Gasteiger partial charge in [-0.05, 0) is 51.5 Å². The Morgan fingerprint density at radius 2 is 2.10 bits per heavy atom. The van der Waals surface area contributed by atoms with Gasteiger partial charge in [-0.3, -0.25) is 4.79 Å². The second-order valence-corrected chi connectivity index (χ2v) is 6.40. The molecule has 1 rings (SSSR count). The molecule has 1 aliphatic carbocycles. The van der Waals surface area contributed by atoms with E-state index >= 15 is 0 Å². The smallest absolute Gasteiger partial charge is 0.326 e. The van der Waals surface area contributed by atoms with Gasteiger partial charge in [0.25, 0.3) is 0 Å². The van der Waals surface area contributed by atoms with Crippen molar-refractivity contribution in [3.63, 3.8) is 0 Å². The van der Waals surface area contributed by atoms with Crippen LogP contribution in [0.25, 0.3) is 0 Å². The van der Waals surface area contributed by atoms with Gasteiger partial charge in [-0.25, -0.2) is 0 Å². The summed E-state index contributed by atoms with van der Waals surface area (Å²) in [6.45, 7) is 7.26. The van der Waals surface area contributed by atoms with Crippen LogP contribution in [0.15, 0.2) is 0 Å². The highest BCUT2D eigenvalue weighted by Gasteiger charge is 2.48. The molecular formula is C16H31NO3. The second kappa shape index (κ2) is 7.99. The fourth-order valence-electron chi connectivity index (χ4n) is 3.49. The first kappa shape index (κ1) is 17.4. The molecule has 0 heterocycles. The summed E-state index contributed by atoms with van der Waals surface area (Å²) in [4.78, 5) is 12.1. The van der Waals surface area contributed by atoms with Crippen molar-refractivity contribution in [1.29, 1.82) is 0 Å². The first-order chi connectivity index (χ1) is 9.46. The summed E-state index contributed by atoms with van der Waals surface area (Å²) < 4.78 is 10.9. The zero-order valence-corrected chi connectivity index (χ0v) is 13.7. The lowest BCUT2D eigenvalue weighted by Gasteiger charge is -2.32. The molecule has 3 unspecified atom stereocenters. The number of hydrogen-bond acceptors (Lipinski definition) is 4. The van der Waals surface area contributed by atoms with Crippen molar-refractivity contribution in [2.75, 3.05) is 20.8 Å². The summed E-state index contributed by atoms with van der Waals surface area (Å²) in [6.07, 6.45) is 5.29. The van der Waals surface area contributed by atoms with Crippen molar-refractivity contribution in [3.05, 3.63) is 0 Å². The van der Waals surface area contributed by atoms with E-state index in [0.717, 1.165) is 38.7 Å².